The fourth-order valence-corrected chi connectivity index (χ4v) is 2.22. The summed E-state index contributed by atoms with van der Waals surface area (Å²) in [6.07, 6.45) is 10.9. The van der Waals surface area contributed by atoms with Crippen molar-refractivity contribution in [2.24, 2.45) is 0 Å². The van der Waals surface area contributed by atoms with Crippen molar-refractivity contribution in [1.82, 2.24) is 19.5 Å². The van der Waals surface area contributed by atoms with Crippen LogP contribution in [0.25, 0.3) is 11.2 Å². The minimum Gasteiger partial charge on any atom is -0.394 e. The zero-order valence-electron chi connectivity index (χ0n) is 8.74. The van der Waals surface area contributed by atoms with Crippen molar-refractivity contribution in [2.75, 3.05) is 6.61 Å². The summed E-state index contributed by atoms with van der Waals surface area (Å²) >= 11 is 0. The second-order valence-electron chi connectivity index (χ2n) is 4.05. The van der Waals surface area contributed by atoms with E-state index in [1.54, 1.807) is 12.5 Å². The topological polar surface area (TPSA) is 63.8 Å². The Balaban J connectivity index is 2.21. The van der Waals surface area contributed by atoms with Gasteiger partial charge in [0, 0.05) is 0 Å². The smallest absolute Gasteiger partial charge is 0.164 e. The Hall–Kier alpha value is -1.75. The molecule has 5 nitrogen and oxygen atoms in total. The maximum atomic E-state index is 9.60. The van der Waals surface area contributed by atoms with Gasteiger partial charge in [-0.3, -0.25) is 0 Å². The summed E-state index contributed by atoms with van der Waals surface area (Å²) in [5.74, 6) is 0. The van der Waals surface area contributed by atoms with E-state index in [-0.39, 0.29) is 12.1 Å². The highest BCUT2D eigenvalue weighted by atomic mass is 16.3. The Morgan fingerprint density at radius 1 is 1.44 bits per heavy atom. The molecule has 0 spiro atoms. The normalized spacial score (nSPS) is 24.3. The summed E-state index contributed by atoms with van der Waals surface area (Å²) in [6.45, 7) is 0.0684. The molecule has 1 atom stereocenters. The van der Waals surface area contributed by atoms with E-state index in [1.807, 2.05) is 10.6 Å². The monoisotopic (exact) mass is 216 g/mol. The van der Waals surface area contributed by atoms with Gasteiger partial charge in [-0.05, 0) is 12.8 Å². The zero-order valence-corrected chi connectivity index (χ0v) is 8.74. The number of hydrogen-bond acceptors (Lipinski definition) is 4. The summed E-state index contributed by atoms with van der Waals surface area (Å²) in [5, 5.41) is 9.60. The second-order valence-corrected chi connectivity index (χ2v) is 4.05. The molecule has 2 aromatic rings. The molecule has 2 aromatic heterocycles. The summed E-state index contributed by atoms with van der Waals surface area (Å²) in [6, 6.07) is 0. The fourth-order valence-electron chi connectivity index (χ4n) is 2.22. The first kappa shape index (κ1) is 9.47. The van der Waals surface area contributed by atoms with Crippen LogP contribution in [0.4, 0.5) is 0 Å². The van der Waals surface area contributed by atoms with E-state index in [2.05, 4.69) is 21.0 Å². The van der Waals surface area contributed by atoms with Gasteiger partial charge in [0.25, 0.3) is 0 Å². The standard InChI is InChI=1S/C11H12N4O/c16-6-11(3-1-2-4-11)15-8-14-9-5-12-7-13-10(9)15/h1,3,5,7-8,16H,2,4,6H2. The molecular weight excluding hydrogens is 204 g/mol. The van der Waals surface area contributed by atoms with E-state index in [0.29, 0.717) is 0 Å². The predicted octanol–water partition coefficient (Wildman–Crippen LogP) is 0.864. The van der Waals surface area contributed by atoms with Gasteiger partial charge in [-0.25, -0.2) is 15.0 Å². The van der Waals surface area contributed by atoms with Gasteiger partial charge in [0.05, 0.1) is 24.7 Å². The Labute approximate surface area is 92.5 Å². The number of aliphatic hydroxyl groups is 1. The molecule has 0 saturated carbocycles. The van der Waals surface area contributed by atoms with Crippen LogP contribution in [0.15, 0.2) is 31.0 Å². The molecule has 0 fully saturated rings. The molecule has 1 aliphatic rings. The van der Waals surface area contributed by atoms with Crippen LogP contribution < -0.4 is 0 Å². The third kappa shape index (κ3) is 1.18. The number of fused-ring (bicyclic) bond motifs is 1. The summed E-state index contributed by atoms with van der Waals surface area (Å²) in [7, 11) is 0. The predicted molar refractivity (Wildman–Crippen MR) is 58.8 cm³/mol. The molecular formula is C11H12N4O. The molecule has 3 rings (SSSR count). The number of rotatable bonds is 2. The number of allylic oxidation sites excluding steroid dienone is 1. The average molecular weight is 216 g/mol. The van der Waals surface area contributed by atoms with Gasteiger partial charge in [0.15, 0.2) is 5.65 Å². The van der Waals surface area contributed by atoms with E-state index < -0.39 is 0 Å². The zero-order chi connectivity index (χ0) is 11.0. The largest absolute Gasteiger partial charge is 0.394 e. The molecule has 1 unspecified atom stereocenters. The van der Waals surface area contributed by atoms with Crippen LogP contribution in [-0.4, -0.2) is 31.2 Å². The Kier molecular flexibility index (Phi) is 2.00. The van der Waals surface area contributed by atoms with Gasteiger partial charge in [0.2, 0.25) is 0 Å². The first-order valence-electron chi connectivity index (χ1n) is 5.28. The van der Waals surface area contributed by atoms with E-state index in [4.69, 9.17) is 0 Å². The lowest BCUT2D eigenvalue weighted by molar-refractivity contribution is 0.174. The molecule has 0 saturated heterocycles. The molecule has 2 heterocycles. The maximum absolute atomic E-state index is 9.60. The molecule has 16 heavy (non-hydrogen) atoms. The van der Waals surface area contributed by atoms with Crippen LogP contribution in [-0.2, 0) is 5.54 Å². The van der Waals surface area contributed by atoms with Crippen molar-refractivity contribution in [2.45, 2.75) is 18.4 Å². The van der Waals surface area contributed by atoms with Crippen LogP contribution in [0.1, 0.15) is 12.8 Å². The highest BCUT2D eigenvalue weighted by Crippen LogP contribution is 2.32. The van der Waals surface area contributed by atoms with Gasteiger partial charge >= 0.3 is 0 Å². The Morgan fingerprint density at radius 3 is 3.12 bits per heavy atom. The summed E-state index contributed by atoms with van der Waals surface area (Å²) < 4.78 is 1.94. The van der Waals surface area contributed by atoms with Crippen molar-refractivity contribution < 1.29 is 5.11 Å². The van der Waals surface area contributed by atoms with Crippen molar-refractivity contribution >= 4 is 11.2 Å². The maximum Gasteiger partial charge on any atom is 0.164 e. The van der Waals surface area contributed by atoms with Gasteiger partial charge in [-0.2, -0.15) is 0 Å². The number of nitrogens with zero attached hydrogens (tertiary/aromatic N) is 4. The molecule has 1 aliphatic carbocycles. The average Bonchev–Trinajstić information content (AvgIpc) is 2.96. The molecule has 0 aromatic carbocycles. The molecule has 82 valence electrons. The lowest BCUT2D eigenvalue weighted by Crippen LogP contribution is -2.33. The minimum absolute atomic E-state index is 0.0684. The highest BCUT2D eigenvalue weighted by molar-refractivity contribution is 5.69. The fraction of sp³-hybridized carbons (Fsp3) is 0.364. The van der Waals surface area contributed by atoms with Crippen LogP contribution in [0.5, 0.6) is 0 Å². The lowest BCUT2D eigenvalue weighted by Gasteiger charge is -2.26. The van der Waals surface area contributed by atoms with E-state index in [1.165, 1.54) is 6.33 Å². The first-order chi connectivity index (χ1) is 7.86. The van der Waals surface area contributed by atoms with E-state index >= 15 is 0 Å². The summed E-state index contributed by atoms with van der Waals surface area (Å²) in [5.41, 5.74) is 1.16. The van der Waals surface area contributed by atoms with Gasteiger partial charge < -0.3 is 9.67 Å². The molecule has 0 bridgehead atoms. The van der Waals surface area contributed by atoms with E-state index in [9.17, 15) is 5.11 Å². The van der Waals surface area contributed by atoms with Crippen molar-refractivity contribution in [3.63, 3.8) is 0 Å². The van der Waals surface area contributed by atoms with Crippen LogP contribution in [0.2, 0.25) is 0 Å². The van der Waals surface area contributed by atoms with Crippen molar-refractivity contribution in [3.05, 3.63) is 31.0 Å². The van der Waals surface area contributed by atoms with Crippen molar-refractivity contribution in [1.29, 1.82) is 0 Å². The third-order valence-electron chi connectivity index (χ3n) is 3.14. The minimum atomic E-state index is -0.372. The Bertz CT molecular complexity index is 548. The van der Waals surface area contributed by atoms with E-state index in [0.717, 1.165) is 24.0 Å². The number of aliphatic hydroxyl groups excluding tert-OH is 1. The molecule has 0 aliphatic heterocycles. The van der Waals surface area contributed by atoms with Gasteiger partial charge in [-0.15, -0.1) is 0 Å². The molecule has 0 amide bonds. The van der Waals surface area contributed by atoms with Crippen molar-refractivity contribution in [3.8, 4) is 0 Å². The highest BCUT2D eigenvalue weighted by Gasteiger charge is 2.32. The second kappa shape index (κ2) is 3.38. The first-order valence-corrected chi connectivity index (χ1v) is 5.28. The molecule has 1 N–H and O–H groups in total. The molecule has 0 radical (unpaired) electrons. The number of imidazole rings is 1. The quantitative estimate of drug-likeness (QED) is 0.756. The lowest BCUT2D eigenvalue weighted by atomic mass is 10.0. The molecule has 5 heteroatoms. The van der Waals surface area contributed by atoms with Crippen LogP contribution >= 0.6 is 0 Å². The summed E-state index contributed by atoms with van der Waals surface area (Å²) in [4.78, 5) is 12.4. The Morgan fingerprint density at radius 2 is 2.38 bits per heavy atom. The third-order valence-corrected chi connectivity index (χ3v) is 3.14. The number of aromatic nitrogens is 4. The van der Waals surface area contributed by atoms with Crippen LogP contribution in [0.3, 0.4) is 0 Å². The SMILES string of the molecule is OCC1(n2cnc3cncnc32)C=CCC1. The number of hydrogen-bond donors (Lipinski definition) is 1. The van der Waals surface area contributed by atoms with Gasteiger partial charge in [-0.1, -0.05) is 12.2 Å². The van der Waals surface area contributed by atoms with Gasteiger partial charge in [0.1, 0.15) is 11.8 Å². The van der Waals surface area contributed by atoms with Crippen LogP contribution in [0, 0.1) is 0 Å².